The van der Waals surface area contributed by atoms with Gasteiger partial charge in [0.05, 0.1) is 0 Å². The Labute approximate surface area is 93.1 Å². The molecule has 84 valence electrons. The molecule has 0 bridgehead atoms. The van der Waals surface area contributed by atoms with Gasteiger partial charge in [-0.3, -0.25) is 0 Å². The number of benzene rings is 1. The highest BCUT2D eigenvalue weighted by Crippen LogP contribution is 2.27. The zero-order chi connectivity index (χ0) is 11.4. The normalized spacial score (nSPS) is 10.7. The van der Waals surface area contributed by atoms with Crippen molar-refractivity contribution in [2.75, 3.05) is 0 Å². The summed E-state index contributed by atoms with van der Waals surface area (Å²) in [5.41, 5.74) is 4.96. The number of aromatic hydroxyl groups is 1. The minimum absolute atomic E-state index is 0.434. The van der Waals surface area contributed by atoms with Gasteiger partial charge in [-0.25, -0.2) is 0 Å². The van der Waals surface area contributed by atoms with Crippen molar-refractivity contribution in [2.45, 2.75) is 53.4 Å². The number of phenolic OH excluding ortho intramolecular Hbond substituents is 1. The minimum Gasteiger partial charge on any atom is -0.508 e. The van der Waals surface area contributed by atoms with E-state index in [2.05, 4.69) is 20.8 Å². The summed E-state index contributed by atoms with van der Waals surface area (Å²) in [6, 6.07) is 1.89. The average Bonchev–Trinajstić information content (AvgIpc) is 2.20. The number of hydrogen-bond acceptors (Lipinski definition) is 1. The van der Waals surface area contributed by atoms with Gasteiger partial charge < -0.3 is 5.11 Å². The van der Waals surface area contributed by atoms with Gasteiger partial charge in [0.25, 0.3) is 0 Å². The van der Waals surface area contributed by atoms with Gasteiger partial charge in [-0.1, -0.05) is 19.8 Å². The highest BCUT2D eigenvalue weighted by Gasteiger charge is 2.08. The molecule has 0 saturated heterocycles. The summed E-state index contributed by atoms with van der Waals surface area (Å²) >= 11 is 0. The fourth-order valence-corrected chi connectivity index (χ4v) is 2.05. The van der Waals surface area contributed by atoms with Crippen LogP contribution in [0.5, 0.6) is 5.75 Å². The van der Waals surface area contributed by atoms with Crippen LogP contribution in [0.25, 0.3) is 0 Å². The van der Waals surface area contributed by atoms with Crippen LogP contribution in [-0.2, 0) is 6.42 Å². The monoisotopic (exact) mass is 206 g/mol. The van der Waals surface area contributed by atoms with Gasteiger partial charge in [0.15, 0.2) is 0 Å². The summed E-state index contributed by atoms with van der Waals surface area (Å²) in [7, 11) is 0. The molecule has 1 N–H and O–H groups in total. The molecule has 0 fully saturated rings. The van der Waals surface area contributed by atoms with Crippen molar-refractivity contribution >= 4 is 0 Å². The van der Waals surface area contributed by atoms with E-state index in [-0.39, 0.29) is 0 Å². The van der Waals surface area contributed by atoms with Crippen molar-refractivity contribution in [3.8, 4) is 5.75 Å². The molecule has 0 unspecified atom stereocenters. The maximum atomic E-state index is 9.68. The molecule has 0 spiro atoms. The van der Waals surface area contributed by atoms with Crippen LogP contribution in [0.1, 0.15) is 48.4 Å². The van der Waals surface area contributed by atoms with Gasteiger partial charge in [0.1, 0.15) is 5.75 Å². The fourth-order valence-electron chi connectivity index (χ4n) is 2.05. The van der Waals surface area contributed by atoms with Crippen molar-refractivity contribution < 1.29 is 5.11 Å². The largest absolute Gasteiger partial charge is 0.508 e. The van der Waals surface area contributed by atoms with Gasteiger partial charge in [-0.05, 0) is 61.9 Å². The van der Waals surface area contributed by atoms with Crippen molar-refractivity contribution in [3.63, 3.8) is 0 Å². The predicted molar refractivity (Wildman–Crippen MR) is 65.5 cm³/mol. The molecule has 0 saturated carbocycles. The summed E-state index contributed by atoms with van der Waals surface area (Å²) in [5.74, 6) is 0.434. The van der Waals surface area contributed by atoms with E-state index in [1.165, 1.54) is 36.0 Å². The Morgan fingerprint density at radius 3 is 2.33 bits per heavy atom. The number of rotatable bonds is 4. The lowest BCUT2D eigenvalue weighted by molar-refractivity contribution is 0.469. The van der Waals surface area contributed by atoms with E-state index >= 15 is 0 Å². The Morgan fingerprint density at radius 2 is 1.73 bits per heavy atom. The van der Waals surface area contributed by atoms with Gasteiger partial charge in [0.2, 0.25) is 0 Å². The number of aryl methyl sites for hydroxylation is 1. The molecule has 1 rings (SSSR count). The van der Waals surface area contributed by atoms with Crippen LogP contribution in [0.15, 0.2) is 6.07 Å². The molecule has 0 atom stereocenters. The Balaban J connectivity index is 2.92. The molecule has 0 aromatic heterocycles. The molecular weight excluding hydrogens is 184 g/mol. The van der Waals surface area contributed by atoms with Gasteiger partial charge in [-0.2, -0.15) is 0 Å². The van der Waals surface area contributed by atoms with Crippen molar-refractivity contribution in [1.29, 1.82) is 0 Å². The fraction of sp³-hybridized carbons (Fsp3) is 0.571. The van der Waals surface area contributed by atoms with Crippen LogP contribution in [-0.4, -0.2) is 5.11 Å². The Morgan fingerprint density at radius 1 is 1.07 bits per heavy atom. The predicted octanol–water partition coefficient (Wildman–Crippen LogP) is 4.05. The first-order valence-corrected chi connectivity index (χ1v) is 5.86. The van der Waals surface area contributed by atoms with Crippen LogP contribution in [0, 0.1) is 20.8 Å². The summed E-state index contributed by atoms with van der Waals surface area (Å²) in [5, 5.41) is 9.68. The number of unbranched alkanes of at least 4 members (excludes halogenated alkanes) is 2. The number of hydrogen-bond donors (Lipinski definition) is 1. The number of phenols is 1. The zero-order valence-corrected chi connectivity index (χ0v) is 10.4. The van der Waals surface area contributed by atoms with Gasteiger partial charge >= 0.3 is 0 Å². The van der Waals surface area contributed by atoms with Crippen LogP contribution >= 0.6 is 0 Å². The first kappa shape index (κ1) is 12.1. The van der Waals surface area contributed by atoms with Crippen molar-refractivity contribution in [2.24, 2.45) is 0 Å². The molecule has 15 heavy (non-hydrogen) atoms. The molecule has 0 aliphatic heterocycles. The third-order valence-corrected chi connectivity index (χ3v) is 3.26. The average molecular weight is 206 g/mol. The van der Waals surface area contributed by atoms with Gasteiger partial charge in [-0.15, -0.1) is 0 Å². The molecule has 1 aromatic carbocycles. The minimum atomic E-state index is 0.434. The highest BCUT2D eigenvalue weighted by molar-refractivity contribution is 5.47. The first-order valence-electron chi connectivity index (χ1n) is 5.86. The Bertz CT molecular complexity index is 340. The quantitative estimate of drug-likeness (QED) is 0.737. The van der Waals surface area contributed by atoms with E-state index in [4.69, 9.17) is 0 Å². The van der Waals surface area contributed by atoms with Crippen LogP contribution in [0.2, 0.25) is 0 Å². The topological polar surface area (TPSA) is 20.2 Å². The third kappa shape index (κ3) is 2.74. The van der Waals surface area contributed by atoms with E-state index in [1.807, 2.05) is 13.0 Å². The van der Waals surface area contributed by atoms with E-state index in [1.54, 1.807) is 0 Å². The van der Waals surface area contributed by atoms with E-state index in [0.717, 1.165) is 12.0 Å². The second kappa shape index (κ2) is 5.20. The Hall–Kier alpha value is -0.980. The molecule has 1 nitrogen and oxygen atoms in total. The van der Waals surface area contributed by atoms with Crippen LogP contribution < -0.4 is 0 Å². The Kier molecular flexibility index (Phi) is 4.19. The van der Waals surface area contributed by atoms with E-state index < -0.39 is 0 Å². The highest BCUT2D eigenvalue weighted by atomic mass is 16.3. The molecule has 0 radical (unpaired) electrons. The summed E-state index contributed by atoms with van der Waals surface area (Å²) in [6.07, 6.45) is 4.95. The molecule has 1 heteroatoms. The second-order valence-corrected chi connectivity index (χ2v) is 4.40. The maximum absolute atomic E-state index is 9.68. The second-order valence-electron chi connectivity index (χ2n) is 4.40. The van der Waals surface area contributed by atoms with Crippen LogP contribution in [0.4, 0.5) is 0 Å². The standard InChI is InChI=1S/C14H22O/c1-5-6-7-8-13-10(2)9-14(15)12(4)11(13)3/h9,15H,5-8H2,1-4H3. The van der Waals surface area contributed by atoms with E-state index in [0.29, 0.717) is 5.75 Å². The van der Waals surface area contributed by atoms with Crippen molar-refractivity contribution in [1.82, 2.24) is 0 Å². The zero-order valence-electron chi connectivity index (χ0n) is 10.4. The molecule has 1 aromatic rings. The van der Waals surface area contributed by atoms with Crippen molar-refractivity contribution in [3.05, 3.63) is 28.3 Å². The smallest absolute Gasteiger partial charge is 0.119 e. The maximum Gasteiger partial charge on any atom is 0.119 e. The lowest BCUT2D eigenvalue weighted by atomic mass is 9.93. The molecule has 0 heterocycles. The molecule has 0 aliphatic rings. The first-order chi connectivity index (χ1) is 7.07. The summed E-state index contributed by atoms with van der Waals surface area (Å²) in [6.45, 7) is 8.42. The summed E-state index contributed by atoms with van der Waals surface area (Å²) < 4.78 is 0. The lowest BCUT2D eigenvalue weighted by Crippen LogP contribution is -1.97. The van der Waals surface area contributed by atoms with Gasteiger partial charge in [0, 0.05) is 0 Å². The molecule has 0 amide bonds. The third-order valence-electron chi connectivity index (χ3n) is 3.26. The van der Waals surface area contributed by atoms with Crippen LogP contribution in [0.3, 0.4) is 0 Å². The summed E-state index contributed by atoms with van der Waals surface area (Å²) in [4.78, 5) is 0. The molecular formula is C14H22O. The van der Waals surface area contributed by atoms with E-state index in [9.17, 15) is 5.11 Å². The lowest BCUT2D eigenvalue weighted by Gasteiger charge is -2.13. The SMILES string of the molecule is CCCCCc1c(C)cc(O)c(C)c1C. The molecule has 0 aliphatic carbocycles.